The van der Waals surface area contributed by atoms with Gasteiger partial charge in [0.1, 0.15) is 17.3 Å². The van der Waals surface area contributed by atoms with E-state index in [9.17, 15) is 9.18 Å². The second-order valence-corrected chi connectivity index (χ2v) is 6.32. The monoisotopic (exact) mass is 358 g/mol. The SMILES string of the molecule is CC(C)COc1ccc(F)cc1Cn1ncc2c(OC(=O)O)cccc21. The minimum absolute atomic E-state index is 0.205. The van der Waals surface area contributed by atoms with Crippen LogP contribution in [0.2, 0.25) is 0 Å². The Bertz CT molecular complexity index is 936. The summed E-state index contributed by atoms with van der Waals surface area (Å²) in [6.45, 7) is 4.88. The van der Waals surface area contributed by atoms with Gasteiger partial charge in [0.05, 0.1) is 30.3 Å². The molecule has 0 aliphatic carbocycles. The Balaban J connectivity index is 1.94. The van der Waals surface area contributed by atoms with E-state index in [4.69, 9.17) is 14.6 Å². The van der Waals surface area contributed by atoms with E-state index in [1.165, 1.54) is 18.3 Å². The average Bonchev–Trinajstić information content (AvgIpc) is 2.98. The van der Waals surface area contributed by atoms with Crippen LogP contribution in [-0.4, -0.2) is 27.6 Å². The summed E-state index contributed by atoms with van der Waals surface area (Å²) >= 11 is 0. The lowest BCUT2D eigenvalue weighted by Gasteiger charge is -2.14. The number of hydrogen-bond acceptors (Lipinski definition) is 4. The molecule has 0 fully saturated rings. The molecular weight excluding hydrogens is 339 g/mol. The van der Waals surface area contributed by atoms with Crippen LogP contribution in [0.25, 0.3) is 10.9 Å². The molecule has 136 valence electrons. The summed E-state index contributed by atoms with van der Waals surface area (Å²) in [4.78, 5) is 10.8. The van der Waals surface area contributed by atoms with E-state index in [1.54, 1.807) is 28.9 Å². The Hall–Kier alpha value is -3.09. The summed E-state index contributed by atoms with van der Waals surface area (Å²) in [5.41, 5.74) is 1.34. The van der Waals surface area contributed by atoms with Gasteiger partial charge in [-0.05, 0) is 36.2 Å². The molecule has 0 amide bonds. The van der Waals surface area contributed by atoms with Crippen molar-refractivity contribution < 1.29 is 23.8 Å². The van der Waals surface area contributed by atoms with Crippen molar-refractivity contribution in [3.8, 4) is 11.5 Å². The van der Waals surface area contributed by atoms with Gasteiger partial charge in [0.15, 0.2) is 0 Å². The molecule has 0 atom stereocenters. The van der Waals surface area contributed by atoms with Crippen LogP contribution in [0.4, 0.5) is 9.18 Å². The molecule has 3 rings (SSSR count). The van der Waals surface area contributed by atoms with E-state index in [0.29, 0.717) is 34.7 Å². The molecule has 1 N–H and O–H groups in total. The Kier molecular flexibility index (Phi) is 5.06. The first-order chi connectivity index (χ1) is 12.4. The fraction of sp³-hybridized carbons (Fsp3) is 0.263. The third kappa shape index (κ3) is 3.93. The number of ether oxygens (including phenoxy) is 2. The van der Waals surface area contributed by atoms with E-state index >= 15 is 0 Å². The standard InChI is InChI=1S/C19H19FN2O4/c1-12(2)11-25-17-7-6-14(20)8-13(17)10-22-16-4-3-5-18(26-19(23)24)15(16)9-21-22/h3-9,12H,10-11H2,1-2H3,(H,23,24). The van der Waals surface area contributed by atoms with E-state index in [0.717, 1.165) is 0 Å². The predicted molar refractivity (Wildman–Crippen MR) is 94.2 cm³/mol. The van der Waals surface area contributed by atoms with E-state index in [1.807, 2.05) is 13.8 Å². The van der Waals surface area contributed by atoms with E-state index in [-0.39, 0.29) is 18.1 Å². The first-order valence-corrected chi connectivity index (χ1v) is 8.20. The lowest BCUT2D eigenvalue weighted by molar-refractivity contribution is 0.145. The van der Waals surface area contributed by atoms with Gasteiger partial charge in [0.25, 0.3) is 0 Å². The molecule has 0 saturated heterocycles. The molecule has 0 aliphatic heterocycles. The number of benzene rings is 2. The number of carboxylic acid groups (broad SMARTS) is 1. The highest BCUT2D eigenvalue weighted by Crippen LogP contribution is 2.28. The Morgan fingerprint density at radius 1 is 1.27 bits per heavy atom. The van der Waals surface area contributed by atoms with Crippen molar-refractivity contribution in [3.63, 3.8) is 0 Å². The Morgan fingerprint density at radius 2 is 2.08 bits per heavy atom. The predicted octanol–water partition coefficient (Wildman–Crippen LogP) is 4.32. The van der Waals surface area contributed by atoms with Crippen molar-refractivity contribution in [1.29, 1.82) is 0 Å². The quantitative estimate of drug-likeness (QED) is 0.525. The number of rotatable bonds is 6. The zero-order valence-electron chi connectivity index (χ0n) is 14.5. The molecule has 3 aromatic rings. The fourth-order valence-electron chi connectivity index (χ4n) is 2.62. The van der Waals surface area contributed by atoms with Gasteiger partial charge in [-0.25, -0.2) is 9.18 Å². The van der Waals surface area contributed by atoms with E-state index in [2.05, 4.69) is 5.10 Å². The highest BCUT2D eigenvalue weighted by atomic mass is 19.1. The third-order valence-electron chi connectivity index (χ3n) is 3.76. The molecule has 26 heavy (non-hydrogen) atoms. The molecule has 1 aromatic heterocycles. The number of fused-ring (bicyclic) bond motifs is 1. The third-order valence-corrected chi connectivity index (χ3v) is 3.76. The largest absolute Gasteiger partial charge is 0.511 e. The van der Waals surface area contributed by atoms with Gasteiger partial charge in [-0.2, -0.15) is 5.10 Å². The van der Waals surface area contributed by atoms with Crippen LogP contribution in [0, 0.1) is 11.7 Å². The summed E-state index contributed by atoms with van der Waals surface area (Å²) in [5, 5.41) is 13.7. The van der Waals surface area contributed by atoms with Crippen molar-refractivity contribution in [3.05, 3.63) is 54.0 Å². The molecule has 0 bridgehead atoms. The molecule has 0 radical (unpaired) electrons. The summed E-state index contributed by atoms with van der Waals surface area (Å²) in [6, 6.07) is 9.42. The van der Waals surface area contributed by atoms with Crippen LogP contribution < -0.4 is 9.47 Å². The van der Waals surface area contributed by atoms with Gasteiger partial charge in [-0.3, -0.25) is 4.68 Å². The molecule has 0 saturated carbocycles. The lowest BCUT2D eigenvalue weighted by atomic mass is 10.1. The number of nitrogens with zero attached hydrogens (tertiary/aromatic N) is 2. The zero-order chi connectivity index (χ0) is 18.7. The van der Waals surface area contributed by atoms with Crippen LogP contribution in [-0.2, 0) is 6.54 Å². The zero-order valence-corrected chi connectivity index (χ0v) is 14.5. The van der Waals surface area contributed by atoms with Crippen molar-refractivity contribution in [2.45, 2.75) is 20.4 Å². The second kappa shape index (κ2) is 7.43. The fourth-order valence-corrected chi connectivity index (χ4v) is 2.62. The maximum absolute atomic E-state index is 13.7. The molecule has 6 nitrogen and oxygen atoms in total. The topological polar surface area (TPSA) is 73.6 Å². The van der Waals surface area contributed by atoms with Gasteiger partial charge in [-0.1, -0.05) is 19.9 Å². The molecule has 7 heteroatoms. The molecule has 1 heterocycles. The minimum Gasteiger partial charge on any atom is -0.493 e. The molecule has 0 unspecified atom stereocenters. The van der Waals surface area contributed by atoms with Crippen molar-refractivity contribution in [1.82, 2.24) is 9.78 Å². The highest BCUT2D eigenvalue weighted by molar-refractivity contribution is 5.86. The van der Waals surface area contributed by atoms with Crippen LogP contribution in [0.15, 0.2) is 42.6 Å². The molecule has 0 spiro atoms. The average molecular weight is 358 g/mol. The summed E-state index contributed by atoms with van der Waals surface area (Å²) in [7, 11) is 0. The van der Waals surface area contributed by atoms with Crippen LogP contribution >= 0.6 is 0 Å². The van der Waals surface area contributed by atoms with Crippen molar-refractivity contribution in [2.24, 2.45) is 5.92 Å². The summed E-state index contributed by atoms with van der Waals surface area (Å²) < 4.78 is 25.9. The first kappa shape index (κ1) is 17.7. The number of aromatic nitrogens is 2. The number of carbonyl (C=O) groups is 1. The first-order valence-electron chi connectivity index (χ1n) is 8.20. The highest BCUT2D eigenvalue weighted by Gasteiger charge is 2.13. The summed E-state index contributed by atoms with van der Waals surface area (Å²) in [6.07, 6.45) is 0.140. The van der Waals surface area contributed by atoms with Gasteiger partial charge in [0, 0.05) is 5.56 Å². The Labute approximate surface area is 149 Å². The van der Waals surface area contributed by atoms with Crippen LogP contribution in [0.3, 0.4) is 0 Å². The van der Waals surface area contributed by atoms with Crippen LogP contribution in [0.5, 0.6) is 11.5 Å². The molecule has 0 aliphatic rings. The number of hydrogen-bond donors (Lipinski definition) is 1. The smallest absolute Gasteiger partial charge is 0.493 e. The lowest BCUT2D eigenvalue weighted by Crippen LogP contribution is -2.09. The normalized spacial score (nSPS) is 11.1. The van der Waals surface area contributed by atoms with Crippen molar-refractivity contribution >= 4 is 17.1 Å². The second-order valence-electron chi connectivity index (χ2n) is 6.32. The van der Waals surface area contributed by atoms with Gasteiger partial charge in [-0.15, -0.1) is 0 Å². The van der Waals surface area contributed by atoms with Gasteiger partial charge in [0.2, 0.25) is 0 Å². The van der Waals surface area contributed by atoms with E-state index < -0.39 is 6.16 Å². The Morgan fingerprint density at radius 3 is 2.81 bits per heavy atom. The summed E-state index contributed by atoms with van der Waals surface area (Å²) in [5.74, 6) is 0.788. The van der Waals surface area contributed by atoms with Crippen LogP contribution in [0.1, 0.15) is 19.4 Å². The minimum atomic E-state index is -1.39. The maximum Gasteiger partial charge on any atom is 0.511 e. The van der Waals surface area contributed by atoms with Crippen molar-refractivity contribution in [2.75, 3.05) is 6.61 Å². The molecular formula is C19H19FN2O4. The van der Waals surface area contributed by atoms with Gasteiger partial charge >= 0.3 is 6.16 Å². The number of halogens is 1. The maximum atomic E-state index is 13.7. The van der Waals surface area contributed by atoms with Gasteiger partial charge < -0.3 is 14.6 Å². The molecule has 2 aromatic carbocycles.